The molecular formula is C20H30N4O4. The van der Waals surface area contributed by atoms with Crippen LogP contribution in [0.3, 0.4) is 0 Å². The summed E-state index contributed by atoms with van der Waals surface area (Å²) in [5.74, 6) is -0.430. The molecule has 2 N–H and O–H groups in total. The van der Waals surface area contributed by atoms with E-state index in [1.54, 1.807) is 42.1 Å². The van der Waals surface area contributed by atoms with Crippen LogP contribution < -0.4 is 5.73 Å². The Balaban J connectivity index is 2.13. The zero-order valence-electron chi connectivity index (χ0n) is 17.5. The molecule has 1 fully saturated rings. The van der Waals surface area contributed by atoms with Gasteiger partial charge in [-0.25, -0.2) is 4.79 Å². The number of carbonyl (C=O) groups is 3. The Labute approximate surface area is 166 Å². The molecule has 3 amide bonds. The Morgan fingerprint density at radius 3 is 2.25 bits per heavy atom. The highest BCUT2D eigenvalue weighted by atomic mass is 16.6. The number of nitrogen functional groups attached to an aromatic ring is 1. The quantitative estimate of drug-likeness (QED) is 0.780. The van der Waals surface area contributed by atoms with Crippen LogP contribution in [0.4, 0.5) is 10.5 Å². The zero-order chi connectivity index (χ0) is 21.2. The summed E-state index contributed by atoms with van der Waals surface area (Å²) in [6.07, 6.45) is -0.380. The molecule has 1 aromatic rings. The number of piperazine rings is 1. The normalized spacial score (nSPS) is 17.3. The lowest BCUT2D eigenvalue weighted by Gasteiger charge is -2.40. The van der Waals surface area contributed by atoms with Crippen molar-refractivity contribution in [1.82, 2.24) is 14.7 Å². The predicted molar refractivity (Wildman–Crippen MR) is 107 cm³/mol. The number of carbonyl (C=O) groups excluding carboxylic acids is 3. The number of nitrogens with zero attached hydrogens (tertiary/aromatic N) is 3. The Hall–Kier alpha value is -2.77. The first-order valence-corrected chi connectivity index (χ1v) is 9.30. The molecule has 0 spiro atoms. The van der Waals surface area contributed by atoms with Crippen LogP contribution in [0.1, 0.15) is 48.4 Å². The molecule has 0 aromatic heterocycles. The number of amides is 3. The molecule has 0 radical (unpaired) electrons. The molecular weight excluding hydrogens is 360 g/mol. The molecule has 1 aromatic carbocycles. The first-order valence-electron chi connectivity index (χ1n) is 9.30. The van der Waals surface area contributed by atoms with Crippen LogP contribution >= 0.6 is 0 Å². The number of ether oxygens (including phenoxy) is 1. The van der Waals surface area contributed by atoms with Gasteiger partial charge in [-0.3, -0.25) is 9.59 Å². The van der Waals surface area contributed by atoms with Crippen molar-refractivity contribution < 1.29 is 19.1 Å². The molecule has 0 bridgehead atoms. The van der Waals surface area contributed by atoms with Crippen molar-refractivity contribution >= 4 is 23.6 Å². The number of hydrogen-bond donors (Lipinski definition) is 1. The van der Waals surface area contributed by atoms with Crippen LogP contribution in [0.25, 0.3) is 0 Å². The lowest BCUT2D eigenvalue weighted by molar-refractivity contribution is 0.00198. The third kappa shape index (κ3) is 5.15. The first kappa shape index (κ1) is 21.5. The van der Waals surface area contributed by atoms with E-state index in [0.29, 0.717) is 36.4 Å². The second-order valence-electron chi connectivity index (χ2n) is 8.32. The van der Waals surface area contributed by atoms with Crippen LogP contribution in [0, 0.1) is 0 Å². The van der Waals surface area contributed by atoms with Crippen molar-refractivity contribution in [3.8, 4) is 0 Å². The van der Waals surface area contributed by atoms with Crippen molar-refractivity contribution in [1.29, 1.82) is 0 Å². The average molecular weight is 390 g/mol. The number of hydrogen-bond acceptors (Lipinski definition) is 5. The summed E-state index contributed by atoms with van der Waals surface area (Å²) in [5.41, 5.74) is 6.42. The van der Waals surface area contributed by atoms with Gasteiger partial charge < -0.3 is 25.2 Å². The molecule has 1 atom stereocenters. The summed E-state index contributed by atoms with van der Waals surface area (Å²) in [5, 5.41) is 0. The summed E-state index contributed by atoms with van der Waals surface area (Å²) in [4.78, 5) is 42.3. The van der Waals surface area contributed by atoms with E-state index in [-0.39, 0.29) is 23.9 Å². The van der Waals surface area contributed by atoms with Crippen molar-refractivity contribution in [2.75, 3.05) is 39.5 Å². The van der Waals surface area contributed by atoms with Gasteiger partial charge in [0.1, 0.15) is 5.60 Å². The lowest BCUT2D eigenvalue weighted by atomic mass is 10.1. The van der Waals surface area contributed by atoms with Crippen LogP contribution in [-0.4, -0.2) is 78.0 Å². The van der Waals surface area contributed by atoms with Crippen molar-refractivity contribution in [2.24, 2.45) is 0 Å². The fourth-order valence-corrected chi connectivity index (χ4v) is 3.07. The van der Waals surface area contributed by atoms with Gasteiger partial charge in [0.25, 0.3) is 11.8 Å². The maximum absolute atomic E-state index is 13.0. The summed E-state index contributed by atoms with van der Waals surface area (Å²) < 4.78 is 5.43. The molecule has 0 saturated carbocycles. The predicted octanol–water partition coefficient (Wildman–Crippen LogP) is 2.05. The number of nitrogens with two attached hydrogens (primary N) is 1. The molecule has 8 heteroatoms. The minimum Gasteiger partial charge on any atom is -0.444 e. The Morgan fingerprint density at radius 1 is 1.11 bits per heavy atom. The lowest BCUT2D eigenvalue weighted by Crippen LogP contribution is -2.56. The van der Waals surface area contributed by atoms with Crippen LogP contribution in [0.5, 0.6) is 0 Å². The molecule has 1 aliphatic heterocycles. The fraction of sp³-hybridized carbons (Fsp3) is 0.550. The molecule has 2 rings (SSSR count). The monoisotopic (exact) mass is 390 g/mol. The SMILES string of the molecule is CC1CN(C(=O)c2cc(N)cc(C(=O)N(C)C)c2)CCN1C(=O)OC(C)(C)C. The van der Waals surface area contributed by atoms with E-state index in [0.717, 1.165) is 0 Å². The maximum atomic E-state index is 13.0. The zero-order valence-corrected chi connectivity index (χ0v) is 17.5. The van der Waals surface area contributed by atoms with E-state index in [1.165, 1.54) is 4.90 Å². The number of rotatable bonds is 2. The Bertz CT molecular complexity index is 770. The van der Waals surface area contributed by atoms with E-state index in [4.69, 9.17) is 10.5 Å². The van der Waals surface area contributed by atoms with Gasteiger partial charge in [0.05, 0.1) is 0 Å². The van der Waals surface area contributed by atoms with E-state index in [2.05, 4.69) is 0 Å². The molecule has 8 nitrogen and oxygen atoms in total. The topological polar surface area (TPSA) is 96.2 Å². The van der Waals surface area contributed by atoms with Gasteiger partial charge in [-0.05, 0) is 45.9 Å². The Morgan fingerprint density at radius 2 is 1.71 bits per heavy atom. The van der Waals surface area contributed by atoms with E-state index in [1.807, 2.05) is 27.7 Å². The van der Waals surface area contributed by atoms with Crippen molar-refractivity contribution in [3.05, 3.63) is 29.3 Å². The standard InChI is InChI=1S/C20H30N4O4/c1-13-12-23(7-8-24(13)19(27)28-20(2,3)4)18(26)15-9-14(10-16(21)11-15)17(25)22(5)6/h9-11,13H,7-8,12,21H2,1-6H3. The molecule has 0 aliphatic carbocycles. The third-order valence-corrected chi connectivity index (χ3v) is 4.40. The second-order valence-corrected chi connectivity index (χ2v) is 8.32. The summed E-state index contributed by atoms with van der Waals surface area (Å²) in [6.45, 7) is 8.49. The van der Waals surface area contributed by atoms with Crippen LogP contribution in [0.2, 0.25) is 0 Å². The highest BCUT2D eigenvalue weighted by Gasteiger charge is 2.33. The average Bonchev–Trinajstić information content (AvgIpc) is 2.57. The largest absolute Gasteiger partial charge is 0.444 e. The first-order chi connectivity index (χ1) is 12.9. The van der Waals surface area contributed by atoms with Gasteiger partial charge in [-0.2, -0.15) is 0 Å². The van der Waals surface area contributed by atoms with Crippen molar-refractivity contribution in [2.45, 2.75) is 39.3 Å². The van der Waals surface area contributed by atoms with Crippen LogP contribution in [-0.2, 0) is 4.74 Å². The van der Waals surface area contributed by atoms with E-state index in [9.17, 15) is 14.4 Å². The smallest absolute Gasteiger partial charge is 0.410 e. The van der Waals surface area contributed by atoms with E-state index < -0.39 is 5.60 Å². The summed E-state index contributed by atoms with van der Waals surface area (Å²) >= 11 is 0. The highest BCUT2D eigenvalue weighted by molar-refractivity contribution is 6.01. The summed E-state index contributed by atoms with van der Waals surface area (Å²) in [7, 11) is 3.29. The van der Waals surface area contributed by atoms with Gasteiger partial charge in [0.2, 0.25) is 0 Å². The molecule has 1 unspecified atom stereocenters. The molecule has 1 aliphatic rings. The van der Waals surface area contributed by atoms with E-state index >= 15 is 0 Å². The Kier molecular flexibility index (Phi) is 6.21. The minimum absolute atomic E-state index is 0.184. The van der Waals surface area contributed by atoms with Crippen molar-refractivity contribution in [3.63, 3.8) is 0 Å². The number of anilines is 1. The maximum Gasteiger partial charge on any atom is 0.410 e. The van der Waals surface area contributed by atoms with Gasteiger partial charge in [0, 0.05) is 56.6 Å². The molecule has 1 heterocycles. The van der Waals surface area contributed by atoms with Crippen LogP contribution in [0.15, 0.2) is 18.2 Å². The van der Waals surface area contributed by atoms with Gasteiger partial charge in [-0.15, -0.1) is 0 Å². The highest BCUT2D eigenvalue weighted by Crippen LogP contribution is 2.20. The van der Waals surface area contributed by atoms with Gasteiger partial charge in [0.15, 0.2) is 0 Å². The molecule has 154 valence electrons. The van der Waals surface area contributed by atoms with Gasteiger partial charge >= 0.3 is 6.09 Å². The second kappa shape index (κ2) is 8.08. The third-order valence-electron chi connectivity index (χ3n) is 4.40. The number of benzene rings is 1. The minimum atomic E-state index is -0.569. The molecule has 1 saturated heterocycles. The molecule has 28 heavy (non-hydrogen) atoms. The fourth-order valence-electron chi connectivity index (χ4n) is 3.07. The summed E-state index contributed by atoms with van der Waals surface area (Å²) in [6, 6.07) is 4.50. The van der Waals surface area contributed by atoms with Gasteiger partial charge in [-0.1, -0.05) is 0 Å².